The zero-order chi connectivity index (χ0) is 18.1. The number of carbonyl (C=O) groups excluding carboxylic acids is 1. The fraction of sp³-hybridized carbons (Fsp3) is 0.222. The lowest BCUT2D eigenvalue weighted by Gasteiger charge is -2.13. The molecule has 25 heavy (non-hydrogen) atoms. The molecule has 132 valence electrons. The van der Waals surface area contributed by atoms with Crippen LogP contribution in [0.1, 0.15) is 12.5 Å². The van der Waals surface area contributed by atoms with Crippen molar-refractivity contribution >= 4 is 34.6 Å². The van der Waals surface area contributed by atoms with Crippen LogP contribution in [-0.2, 0) is 11.2 Å². The molecule has 0 aliphatic heterocycles. The maximum Gasteiger partial charge on any atom is 0.257 e. The maximum atomic E-state index is 11.8. The van der Waals surface area contributed by atoms with Crippen LogP contribution in [0.25, 0.3) is 0 Å². The smallest absolute Gasteiger partial charge is 0.257 e. The molecule has 2 aromatic carbocycles. The van der Waals surface area contributed by atoms with Gasteiger partial charge in [0, 0.05) is 11.4 Å². The van der Waals surface area contributed by atoms with E-state index >= 15 is 0 Å². The summed E-state index contributed by atoms with van der Waals surface area (Å²) in [6.45, 7) is 2.21. The van der Waals surface area contributed by atoms with Gasteiger partial charge in [-0.3, -0.25) is 15.6 Å². The Morgan fingerprint density at radius 2 is 1.84 bits per heavy atom. The Morgan fingerprint density at radius 3 is 2.52 bits per heavy atom. The Kier molecular flexibility index (Phi) is 7.03. The molecule has 0 fully saturated rings. The molecule has 2 aromatic rings. The first-order chi connectivity index (χ1) is 12.1. The van der Waals surface area contributed by atoms with Crippen LogP contribution in [0.15, 0.2) is 48.5 Å². The molecule has 4 N–H and O–H groups in total. The minimum Gasteiger partial charge on any atom is -0.497 e. The molecule has 0 spiro atoms. The Morgan fingerprint density at radius 1 is 1.08 bits per heavy atom. The van der Waals surface area contributed by atoms with Gasteiger partial charge in [0.05, 0.1) is 13.7 Å². The first kappa shape index (κ1) is 18.5. The van der Waals surface area contributed by atoms with Crippen LogP contribution in [0.4, 0.5) is 11.4 Å². The van der Waals surface area contributed by atoms with Crippen LogP contribution in [0.5, 0.6) is 5.75 Å². The van der Waals surface area contributed by atoms with Gasteiger partial charge in [-0.25, -0.2) is 0 Å². The average Bonchev–Trinajstić information content (AvgIpc) is 2.65. The van der Waals surface area contributed by atoms with Gasteiger partial charge in [-0.05, 0) is 60.6 Å². The molecule has 0 bridgehead atoms. The number of amides is 1. The van der Waals surface area contributed by atoms with Gasteiger partial charge < -0.3 is 15.4 Å². The van der Waals surface area contributed by atoms with E-state index in [4.69, 9.17) is 17.0 Å². The highest BCUT2D eigenvalue weighted by molar-refractivity contribution is 7.80. The molecule has 7 heteroatoms. The molecule has 0 saturated heterocycles. The number of rotatable bonds is 6. The van der Waals surface area contributed by atoms with Gasteiger partial charge in [0.1, 0.15) is 5.75 Å². The van der Waals surface area contributed by atoms with Gasteiger partial charge in [-0.15, -0.1) is 0 Å². The Labute approximate surface area is 152 Å². The molecular formula is C18H22N4O2S. The van der Waals surface area contributed by atoms with Crippen molar-refractivity contribution in [3.8, 4) is 5.75 Å². The fourth-order valence-electron chi connectivity index (χ4n) is 2.09. The quantitative estimate of drug-likeness (QED) is 0.470. The van der Waals surface area contributed by atoms with Gasteiger partial charge in [0.2, 0.25) is 0 Å². The van der Waals surface area contributed by atoms with Crippen molar-refractivity contribution in [3.05, 3.63) is 54.1 Å². The molecule has 0 aliphatic rings. The first-order valence-corrected chi connectivity index (χ1v) is 8.34. The van der Waals surface area contributed by atoms with E-state index in [0.29, 0.717) is 5.11 Å². The van der Waals surface area contributed by atoms with Crippen LogP contribution in [-0.4, -0.2) is 24.7 Å². The van der Waals surface area contributed by atoms with E-state index in [2.05, 4.69) is 28.4 Å². The highest BCUT2D eigenvalue weighted by atomic mass is 32.1. The molecule has 0 atom stereocenters. The van der Waals surface area contributed by atoms with Gasteiger partial charge >= 0.3 is 0 Å². The highest BCUT2D eigenvalue weighted by Crippen LogP contribution is 2.14. The molecule has 2 rings (SSSR count). The van der Waals surface area contributed by atoms with E-state index in [0.717, 1.165) is 23.5 Å². The van der Waals surface area contributed by atoms with Crippen LogP contribution >= 0.6 is 12.2 Å². The summed E-state index contributed by atoms with van der Waals surface area (Å²) < 4.78 is 5.08. The number of hydrazine groups is 1. The van der Waals surface area contributed by atoms with Crippen molar-refractivity contribution in [2.24, 2.45) is 0 Å². The molecule has 0 aromatic heterocycles. The molecule has 0 aliphatic carbocycles. The predicted octanol–water partition coefficient (Wildman–Crippen LogP) is 2.69. The predicted molar refractivity (Wildman–Crippen MR) is 105 cm³/mol. The molecule has 0 unspecified atom stereocenters. The van der Waals surface area contributed by atoms with Gasteiger partial charge in [0.15, 0.2) is 5.11 Å². The van der Waals surface area contributed by atoms with Crippen molar-refractivity contribution in [1.82, 2.24) is 10.9 Å². The second kappa shape index (κ2) is 9.48. The third-order valence-corrected chi connectivity index (χ3v) is 3.66. The van der Waals surface area contributed by atoms with Crippen LogP contribution < -0.4 is 26.2 Å². The Balaban J connectivity index is 1.72. The maximum absolute atomic E-state index is 11.8. The summed E-state index contributed by atoms with van der Waals surface area (Å²) in [4.78, 5) is 11.8. The lowest BCUT2D eigenvalue weighted by Crippen LogP contribution is -2.45. The standard InChI is InChI=1S/C18H22N4O2S/c1-3-13-5-4-6-15(11-13)20-18(25)22-21-17(23)12-19-14-7-9-16(24-2)10-8-14/h4-11,19H,3,12H2,1-2H3,(H,21,23)(H2,20,22,25). The van der Waals surface area contributed by atoms with E-state index < -0.39 is 0 Å². The summed E-state index contributed by atoms with van der Waals surface area (Å²) in [5, 5.41) is 6.37. The Hall–Kier alpha value is -2.80. The number of carbonyl (C=O) groups is 1. The number of hydrogen-bond donors (Lipinski definition) is 4. The zero-order valence-electron chi connectivity index (χ0n) is 14.3. The van der Waals surface area contributed by atoms with Crippen LogP contribution in [0.3, 0.4) is 0 Å². The number of thiocarbonyl (C=S) groups is 1. The SMILES string of the molecule is CCc1cccc(NC(=S)NNC(=O)CNc2ccc(OC)cc2)c1. The lowest BCUT2D eigenvalue weighted by atomic mass is 10.1. The van der Waals surface area contributed by atoms with Crippen molar-refractivity contribution < 1.29 is 9.53 Å². The van der Waals surface area contributed by atoms with Crippen molar-refractivity contribution in [2.45, 2.75) is 13.3 Å². The third kappa shape index (κ3) is 6.31. The second-order valence-electron chi connectivity index (χ2n) is 5.26. The van der Waals surface area contributed by atoms with E-state index in [9.17, 15) is 4.79 Å². The topological polar surface area (TPSA) is 74.4 Å². The number of anilines is 2. The van der Waals surface area contributed by atoms with Crippen LogP contribution in [0, 0.1) is 0 Å². The van der Waals surface area contributed by atoms with Gasteiger partial charge in [-0.2, -0.15) is 0 Å². The van der Waals surface area contributed by atoms with E-state index in [1.807, 2.05) is 48.5 Å². The van der Waals surface area contributed by atoms with Gasteiger partial charge in [-0.1, -0.05) is 19.1 Å². The minimum atomic E-state index is -0.234. The lowest BCUT2D eigenvalue weighted by molar-refractivity contribution is -0.119. The summed E-state index contributed by atoms with van der Waals surface area (Å²) in [5.41, 5.74) is 8.14. The highest BCUT2D eigenvalue weighted by Gasteiger charge is 2.03. The summed E-state index contributed by atoms with van der Waals surface area (Å²) in [5.74, 6) is 0.530. The first-order valence-electron chi connectivity index (χ1n) is 7.93. The zero-order valence-corrected chi connectivity index (χ0v) is 15.1. The Bertz CT molecular complexity index is 719. The van der Waals surface area contributed by atoms with E-state index in [-0.39, 0.29) is 12.5 Å². The number of benzene rings is 2. The average molecular weight is 358 g/mol. The normalized spacial score (nSPS) is 9.84. The largest absolute Gasteiger partial charge is 0.497 e. The monoisotopic (exact) mass is 358 g/mol. The number of nitrogens with one attached hydrogen (secondary N) is 4. The van der Waals surface area contributed by atoms with Crippen molar-refractivity contribution in [1.29, 1.82) is 0 Å². The molecule has 6 nitrogen and oxygen atoms in total. The fourth-order valence-corrected chi connectivity index (χ4v) is 2.26. The molecule has 0 radical (unpaired) electrons. The second-order valence-corrected chi connectivity index (χ2v) is 5.67. The minimum absolute atomic E-state index is 0.118. The number of hydrogen-bond acceptors (Lipinski definition) is 4. The van der Waals surface area contributed by atoms with E-state index in [1.165, 1.54) is 5.56 Å². The van der Waals surface area contributed by atoms with Crippen molar-refractivity contribution in [3.63, 3.8) is 0 Å². The summed E-state index contributed by atoms with van der Waals surface area (Å²) in [7, 11) is 1.61. The van der Waals surface area contributed by atoms with Crippen molar-refractivity contribution in [2.75, 3.05) is 24.3 Å². The number of ether oxygens (including phenoxy) is 1. The number of aryl methyl sites for hydroxylation is 1. The molecule has 0 heterocycles. The molecular weight excluding hydrogens is 336 g/mol. The van der Waals surface area contributed by atoms with Crippen LogP contribution in [0.2, 0.25) is 0 Å². The van der Waals surface area contributed by atoms with Gasteiger partial charge in [0.25, 0.3) is 5.91 Å². The molecule has 1 amide bonds. The summed E-state index contributed by atoms with van der Waals surface area (Å²) in [6, 6.07) is 15.3. The summed E-state index contributed by atoms with van der Waals surface area (Å²) in [6.07, 6.45) is 0.948. The third-order valence-electron chi connectivity index (χ3n) is 3.45. The summed E-state index contributed by atoms with van der Waals surface area (Å²) >= 11 is 5.17. The molecule has 0 saturated carbocycles. The number of methoxy groups -OCH3 is 1. The van der Waals surface area contributed by atoms with E-state index in [1.54, 1.807) is 7.11 Å².